The molecule has 0 aliphatic heterocycles. The van der Waals surface area contributed by atoms with Crippen LogP contribution in [0, 0.1) is 5.92 Å². The van der Waals surface area contributed by atoms with Gasteiger partial charge in [0.2, 0.25) is 0 Å². The third-order valence-corrected chi connectivity index (χ3v) is 3.90. The number of rotatable bonds is 12. The average Bonchev–Trinajstić information content (AvgIpc) is 2.35. The first kappa shape index (κ1) is 17.0. The lowest BCUT2D eigenvalue weighted by atomic mass is 9.96. The molecule has 0 aromatic carbocycles. The maximum atomic E-state index is 9.82. The average molecular weight is 242 g/mol. The van der Waals surface area contributed by atoms with Crippen LogP contribution in [0.4, 0.5) is 0 Å². The van der Waals surface area contributed by atoms with Crippen molar-refractivity contribution in [2.45, 2.75) is 97.5 Å². The summed E-state index contributed by atoms with van der Waals surface area (Å²) in [4.78, 5) is 0. The van der Waals surface area contributed by atoms with Crippen molar-refractivity contribution in [3.63, 3.8) is 0 Å². The topological polar surface area (TPSA) is 20.2 Å². The Bertz CT molecular complexity index is 144. The summed E-state index contributed by atoms with van der Waals surface area (Å²) in [5.41, 5.74) is 0. The van der Waals surface area contributed by atoms with Gasteiger partial charge in [0.25, 0.3) is 0 Å². The third-order valence-electron chi connectivity index (χ3n) is 3.90. The molecule has 0 rings (SSSR count). The summed E-state index contributed by atoms with van der Waals surface area (Å²) in [5.74, 6) is 0.476. The third kappa shape index (κ3) is 10.8. The van der Waals surface area contributed by atoms with Gasteiger partial charge in [-0.1, -0.05) is 85.0 Å². The molecule has 17 heavy (non-hydrogen) atoms. The fourth-order valence-corrected chi connectivity index (χ4v) is 2.22. The van der Waals surface area contributed by atoms with E-state index in [2.05, 4.69) is 20.8 Å². The van der Waals surface area contributed by atoms with Crippen LogP contribution in [0.15, 0.2) is 0 Å². The molecule has 0 spiro atoms. The molecule has 1 N–H and O–H groups in total. The SMILES string of the molecule is CCCCCCCCCCCC(O)C(C)CC. The first-order valence-corrected chi connectivity index (χ1v) is 7.90. The van der Waals surface area contributed by atoms with Crippen molar-refractivity contribution in [1.29, 1.82) is 0 Å². The number of hydrogen-bond donors (Lipinski definition) is 1. The number of unbranched alkanes of at least 4 members (excludes halogenated alkanes) is 8. The Morgan fingerprint density at radius 2 is 1.24 bits per heavy atom. The number of aliphatic hydroxyl groups is 1. The molecule has 0 aromatic rings. The molecule has 1 heteroatoms. The van der Waals surface area contributed by atoms with E-state index in [1.165, 1.54) is 57.8 Å². The molecule has 0 bridgehead atoms. The number of hydrogen-bond acceptors (Lipinski definition) is 1. The van der Waals surface area contributed by atoms with Gasteiger partial charge >= 0.3 is 0 Å². The van der Waals surface area contributed by atoms with Gasteiger partial charge in [-0.15, -0.1) is 0 Å². The highest BCUT2D eigenvalue weighted by Gasteiger charge is 2.10. The fourth-order valence-electron chi connectivity index (χ4n) is 2.22. The molecule has 0 radical (unpaired) electrons. The van der Waals surface area contributed by atoms with E-state index >= 15 is 0 Å². The number of aliphatic hydroxyl groups excluding tert-OH is 1. The van der Waals surface area contributed by atoms with Crippen molar-refractivity contribution < 1.29 is 5.11 Å². The maximum Gasteiger partial charge on any atom is 0.0565 e. The molecule has 1 nitrogen and oxygen atoms in total. The van der Waals surface area contributed by atoms with Gasteiger partial charge in [-0.3, -0.25) is 0 Å². The van der Waals surface area contributed by atoms with Crippen LogP contribution >= 0.6 is 0 Å². The summed E-state index contributed by atoms with van der Waals surface area (Å²) < 4.78 is 0. The van der Waals surface area contributed by atoms with Crippen molar-refractivity contribution in [2.75, 3.05) is 0 Å². The highest BCUT2D eigenvalue weighted by atomic mass is 16.3. The molecule has 2 unspecified atom stereocenters. The van der Waals surface area contributed by atoms with E-state index in [0.29, 0.717) is 5.92 Å². The van der Waals surface area contributed by atoms with E-state index in [0.717, 1.165) is 12.8 Å². The minimum Gasteiger partial charge on any atom is -0.393 e. The Morgan fingerprint density at radius 3 is 1.71 bits per heavy atom. The zero-order valence-electron chi connectivity index (χ0n) is 12.4. The van der Waals surface area contributed by atoms with Gasteiger partial charge in [-0.25, -0.2) is 0 Å². The highest BCUT2D eigenvalue weighted by Crippen LogP contribution is 2.16. The van der Waals surface area contributed by atoms with E-state index in [4.69, 9.17) is 0 Å². The van der Waals surface area contributed by atoms with Gasteiger partial charge in [0, 0.05) is 0 Å². The molecule has 104 valence electrons. The van der Waals surface area contributed by atoms with Crippen molar-refractivity contribution in [2.24, 2.45) is 5.92 Å². The minimum atomic E-state index is -0.0652. The predicted molar refractivity (Wildman–Crippen MR) is 77.3 cm³/mol. The molecular weight excluding hydrogens is 208 g/mol. The molecule has 0 amide bonds. The Balaban J connectivity index is 3.13. The normalized spacial score (nSPS) is 14.8. The first-order chi connectivity index (χ1) is 8.22. The van der Waals surface area contributed by atoms with Crippen LogP contribution in [-0.2, 0) is 0 Å². The van der Waals surface area contributed by atoms with Crippen LogP contribution in [0.3, 0.4) is 0 Å². The van der Waals surface area contributed by atoms with Crippen LogP contribution in [0.2, 0.25) is 0 Å². The second-order valence-corrected chi connectivity index (χ2v) is 5.57. The molecule has 0 heterocycles. The van der Waals surface area contributed by atoms with Crippen LogP contribution in [0.25, 0.3) is 0 Å². The summed E-state index contributed by atoms with van der Waals surface area (Å²) in [7, 11) is 0. The van der Waals surface area contributed by atoms with E-state index in [1.54, 1.807) is 0 Å². The largest absolute Gasteiger partial charge is 0.393 e. The molecular formula is C16H34O. The molecule has 0 aliphatic rings. The van der Waals surface area contributed by atoms with Gasteiger partial charge < -0.3 is 5.11 Å². The summed E-state index contributed by atoms with van der Waals surface area (Å²) in [6.45, 7) is 6.57. The van der Waals surface area contributed by atoms with E-state index in [9.17, 15) is 5.11 Å². The van der Waals surface area contributed by atoms with E-state index < -0.39 is 0 Å². The van der Waals surface area contributed by atoms with Crippen LogP contribution in [0.1, 0.15) is 91.4 Å². The molecule has 0 saturated carbocycles. The van der Waals surface area contributed by atoms with Crippen molar-refractivity contribution in [3.05, 3.63) is 0 Å². The monoisotopic (exact) mass is 242 g/mol. The van der Waals surface area contributed by atoms with Crippen LogP contribution in [0.5, 0.6) is 0 Å². The van der Waals surface area contributed by atoms with Gasteiger partial charge in [-0.05, 0) is 12.3 Å². The Kier molecular flexibility index (Phi) is 12.4. The first-order valence-electron chi connectivity index (χ1n) is 7.90. The van der Waals surface area contributed by atoms with Crippen molar-refractivity contribution in [1.82, 2.24) is 0 Å². The second kappa shape index (κ2) is 12.4. The van der Waals surface area contributed by atoms with Crippen molar-refractivity contribution in [3.8, 4) is 0 Å². The maximum absolute atomic E-state index is 9.82. The summed E-state index contributed by atoms with van der Waals surface area (Å²) >= 11 is 0. The Morgan fingerprint density at radius 1 is 0.765 bits per heavy atom. The van der Waals surface area contributed by atoms with E-state index in [-0.39, 0.29) is 6.10 Å². The smallest absolute Gasteiger partial charge is 0.0565 e. The lowest BCUT2D eigenvalue weighted by molar-refractivity contribution is 0.102. The Hall–Kier alpha value is -0.0400. The fraction of sp³-hybridized carbons (Fsp3) is 1.00. The van der Waals surface area contributed by atoms with Crippen LogP contribution < -0.4 is 0 Å². The zero-order valence-corrected chi connectivity index (χ0v) is 12.4. The van der Waals surface area contributed by atoms with E-state index in [1.807, 2.05) is 0 Å². The molecule has 0 saturated heterocycles. The van der Waals surface area contributed by atoms with Gasteiger partial charge in [-0.2, -0.15) is 0 Å². The summed E-state index contributed by atoms with van der Waals surface area (Å²) in [6.07, 6.45) is 14.3. The molecule has 0 aromatic heterocycles. The lowest BCUT2D eigenvalue weighted by Gasteiger charge is -2.16. The van der Waals surface area contributed by atoms with Crippen molar-refractivity contribution >= 4 is 0 Å². The second-order valence-electron chi connectivity index (χ2n) is 5.57. The van der Waals surface area contributed by atoms with Gasteiger partial charge in [0.05, 0.1) is 6.10 Å². The molecule has 0 fully saturated rings. The highest BCUT2D eigenvalue weighted by molar-refractivity contribution is 4.62. The summed E-state index contributed by atoms with van der Waals surface area (Å²) in [6, 6.07) is 0. The molecule has 2 atom stereocenters. The molecule has 0 aliphatic carbocycles. The quantitative estimate of drug-likeness (QED) is 0.460. The van der Waals surface area contributed by atoms with Gasteiger partial charge in [0.15, 0.2) is 0 Å². The standard InChI is InChI=1S/C16H34O/c1-4-6-7-8-9-10-11-12-13-14-16(17)15(3)5-2/h15-17H,4-14H2,1-3H3. The van der Waals surface area contributed by atoms with Crippen LogP contribution in [-0.4, -0.2) is 11.2 Å². The van der Waals surface area contributed by atoms with Gasteiger partial charge in [0.1, 0.15) is 0 Å². The lowest BCUT2D eigenvalue weighted by Crippen LogP contribution is -2.16. The minimum absolute atomic E-state index is 0.0652. The Labute approximate surface area is 109 Å². The predicted octanol–water partition coefficient (Wildman–Crippen LogP) is 5.31. The summed E-state index contributed by atoms with van der Waals surface area (Å²) in [5, 5.41) is 9.82. The zero-order chi connectivity index (χ0) is 12.9.